The topological polar surface area (TPSA) is 50.2 Å². The molecule has 1 saturated heterocycles. The van der Waals surface area contributed by atoms with Gasteiger partial charge in [0.15, 0.2) is 0 Å². The van der Waals surface area contributed by atoms with Crippen molar-refractivity contribution in [2.24, 2.45) is 7.05 Å². The maximum atomic E-state index is 12.3. The van der Waals surface area contributed by atoms with Gasteiger partial charge >= 0.3 is 0 Å². The summed E-state index contributed by atoms with van der Waals surface area (Å²) >= 11 is 0. The third kappa shape index (κ3) is 3.38. The highest BCUT2D eigenvalue weighted by atomic mass is 16.1. The van der Waals surface area contributed by atoms with Crippen molar-refractivity contribution in [1.82, 2.24) is 9.78 Å². The average Bonchev–Trinajstić information content (AvgIpc) is 3.13. The van der Waals surface area contributed by atoms with Crippen LogP contribution in [0.25, 0.3) is 0 Å². The van der Waals surface area contributed by atoms with Gasteiger partial charge in [-0.05, 0) is 51.0 Å². The number of carbonyl (C=O) groups is 1. The highest BCUT2D eigenvalue weighted by Gasteiger charge is 2.14. The molecule has 0 radical (unpaired) electrons. The quantitative estimate of drug-likeness (QED) is 0.944. The molecular weight excluding hydrogens is 288 g/mol. The van der Waals surface area contributed by atoms with Crippen LogP contribution in [0, 0.1) is 13.8 Å². The zero-order valence-electron chi connectivity index (χ0n) is 14.1. The van der Waals surface area contributed by atoms with Crippen LogP contribution in [0.4, 0.5) is 11.4 Å². The van der Waals surface area contributed by atoms with Gasteiger partial charge in [-0.2, -0.15) is 5.10 Å². The maximum absolute atomic E-state index is 12.3. The first-order chi connectivity index (χ1) is 11.0. The third-order valence-electron chi connectivity index (χ3n) is 4.62. The summed E-state index contributed by atoms with van der Waals surface area (Å²) in [6, 6.07) is 8.13. The number of hydrogen-bond donors (Lipinski definition) is 1. The fraction of sp³-hybridized carbons (Fsp3) is 0.444. The van der Waals surface area contributed by atoms with E-state index in [0.717, 1.165) is 35.7 Å². The van der Waals surface area contributed by atoms with Crippen LogP contribution >= 0.6 is 0 Å². The van der Waals surface area contributed by atoms with Gasteiger partial charge in [0.2, 0.25) is 5.91 Å². The van der Waals surface area contributed by atoms with E-state index in [1.165, 1.54) is 18.5 Å². The molecule has 0 unspecified atom stereocenters. The molecule has 0 aliphatic carbocycles. The van der Waals surface area contributed by atoms with Gasteiger partial charge in [-0.15, -0.1) is 0 Å². The van der Waals surface area contributed by atoms with Crippen molar-refractivity contribution in [2.75, 3.05) is 23.3 Å². The Morgan fingerprint density at radius 1 is 1.17 bits per heavy atom. The largest absolute Gasteiger partial charge is 0.372 e. The standard InChI is InChI=1S/C18H24N4O/c1-13-17(14(2)21(3)20-13)12-18(23)19-15-6-8-16(9-7-15)22-10-4-5-11-22/h6-9H,4-5,10-12H2,1-3H3,(H,19,23). The van der Waals surface area contributed by atoms with Crippen LogP contribution in [-0.2, 0) is 18.3 Å². The minimum Gasteiger partial charge on any atom is -0.372 e. The number of hydrogen-bond acceptors (Lipinski definition) is 3. The first kappa shape index (κ1) is 15.6. The van der Waals surface area contributed by atoms with E-state index < -0.39 is 0 Å². The van der Waals surface area contributed by atoms with E-state index in [9.17, 15) is 4.79 Å². The molecule has 1 aliphatic heterocycles. The minimum atomic E-state index is -0.00174. The van der Waals surface area contributed by atoms with Crippen LogP contribution in [0.1, 0.15) is 29.8 Å². The summed E-state index contributed by atoms with van der Waals surface area (Å²) < 4.78 is 1.82. The van der Waals surface area contributed by atoms with Crippen LogP contribution in [0.3, 0.4) is 0 Å². The fourth-order valence-corrected chi connectivity index (χ4v) is 3.17. The van der Waals surface area contributed by atoms with Crippen LogP contribution in [-0.4, -0.2) is 28.8 Å². The number of nitrogens with one attached hydrogen (secondary N) is 1. The molecule has 1 fully saturated rings. The summed E-state index contributed by atoms with van der Waals surface area (Å²) in [5, 5.41) is 7.33. The van der Waals surface area contributed by atoms with E-state index in [1.54, 1.807) is 0 Å². The minimum absolute atomic E-state index is 0.00174. The molecule has 0 atom stereocenters. The van der Waals surface area contributed by atoms with Crippen molar-refractivity contribution >= 4 is 17.3 Å². The number of rotatable bonds is 4. The molecular formula is C18H24N4O. The molecule has 1 aromatic heterocycles. The number of carbonyl (C=O) groups excluding carboxylic acids is 1. The van der Waals surface area contributed by atoms with Gasteiger partial charge in [-0.25, -0.2) is 0 Å². The van der Waals surface area contributed by atoms with Crippen molar-refractivity contribution in [1.29, 1.82) is 0 Å². The maximum Gasteiger partial charge on any atom is 0.228 e. The van der Waals surface area contributed by atoms with Gasteiger partial charge in [0.05, 0.1) is 12.1 Å². The molecule has 1 aromatic carbocycles. The molecule has 1 N–H and O–H groups in total. The Morgan fingerprint density at radius 3 is 2.39 bits per heavy atom. The Hall–Kier alpha value is -2.30. The Bertz CT molecular complexity index is 697. The van der Waals surface area contributed by atoms with Crippen LogP contribution < -0.4 is 10.2 Å². The van der Waals surface area contributed by atoms with E-state index in [1.807, 2.05) is 37.7 Å². The lowest BCUT2D eigenvalue weighted by Crippen LogP contribution is -2.18. The first-order valence-corrected chi connectivity index (χ1v) is 8.18. The number of amides is 1. The van der Waals surface area contributed by atoms with Crippen LogP contribution in [0.5, 0.6) is 0 Å². The molecule has 3 rings (SSSR count). The van der Waals surface area contributed by atoms with Crippen molar-refractivity contribution < 1.29 is 4.79 Å². The zero-order valence-corrected chi connectivity index (χ0v) is 14.1. The fourth-order valence-electron chi connectivity index (χ4n) is 3.17. The van der Waals surface area contributed by atoms with Crippen LogP contribution in [0.15, 0.2) is 24.3 Å². The normalized spacial score (nSPS) is 14.3. The Morgan fingerprint density at radius 2 is 1.83 bits per heavy atom. The molecule has 2 heterocycles. The predicted molar refractivity (Wildman–Crippen MR) is 92.9 cm³/mol. The Kier molecular flexibility index (Phi) is 4.37. The van der Waals surface area contributed by atoms with Gasteiger partial charge in [-0.1, -0.05) is 0 Å². The lowest BCUT2D eigenvalue weighted by Gasteiger charge is -2.17. The van der Waals surface area contributed by atoms with Crippen LogP contribution in [0.2, 0.25) is 0 Å². The number of benzene rings is 1. The SMILES string of the molecule is Cc1nn(C)c(C)c1CC(=O)Nc1ccc(N2CCCC2)cc1. The van der Waals surface area contributed by atoms with Crippen molar-refractivity contribution in [3.63, 3.8) is 0 Å². The highest BCUT2D eigenvalue weighted by Crippen LogP contribution is 2.22. The van der Waals surface area contributed by atoms with Gasteiger partial charge in [0, 0.05) is 42.8 Å². The Labute approximate surface area is 137 Å². The predicted octanol–water partition coefficient (Wildman–Crippen LogP) is 2.82. The van der Waals surface area contributed by atoms with E-state index >= 15 is 0 Å². The molecule has 0 bridgehead atoms. The molecule has 5 heteroatoms. The van der Waals surface area contributed by atoms with Gasteiger partial charge in [-0.3, -0.25) is 9.48 Å². The summed E-state index contributed by atoms with van der Waals surface area (Å²) in [5.41, 5.74) is 5.06. The number of aryl methyl sites for hydroxylation is 2. The summed E-state index contributed by atoms with van der Waals surface area (Å²) in [5.74, 6) is -0.00174. The lowest BCUT2D eigenvalue weighted by molar-refractivity contribution is -0.115. The second-order valence-electron chi connectivity index (χ2n) is 6.24. The van der Waals surface area contributed by atoms with Gasteiger partial charge in [0.25, 0.3) is 0 Å². The van der Waals surface area contributed by atoms with Crippen molar-refractivity contribution in [3.8, 4) is 0 Å². The smallest absolute Gasteiger partial charge is 0.228 e. The summed E-state index contributed by atoms with van der Waals surface area (Å²) in [6.45, 7) is 6.20. The molecule has 1 amide bonds. The molecule has 122 valence electrons. The zero-order chi connectivity index (χ0) is 16.4. The van der Waals surface area contributed by atoms with Gasteiger partial charge < -0.3 is 10.2 Å². The van der Waals surface area contributed by atoms with Crippen molar-refractivity contribution in [3.05, 3.63) is 41.2 Å². The number of anilines is 2. The molecule has 0 spiro atoms. The van der Waals surface area contributed by atoms with Crippen molar-refractivity contribution in [2.45, 2.75) is 33.1 Å². The highest BCUT2D eigenvalue weighted by molar-refractivity contribution is 5.92. The van der Waals surface area contributed by atoms with E-state index in [4.69, 9.17) is 0 Å². The first-order valence-electron chi connectivity index (χ1n) is 8.18. The molecule has 5 nitrogen and oxygen atoms in total. The molecule has 1 aliphatic rings. The average molecular weight is 312 g/mol. The molecule has 0 saturated carbocycles. The van der Waals surface area contributed by atoms with E-state index in [2.05, 4.69) is 27.4 Å². The molecule has 2 aromatic rings. The second-order valence-corrected chi connectivity index (χ2v) is 6.24. The number of nitrogens with zero attached hydrogens (tertiary/aromatic N) is 3. The Balaban J connectivity index is 1.63. The lowest BCUT2D eigenvalue weighted by atomic mass is 10.1. The summed E-state index contributed by atoms with van der Waals surface area (Å²) in [7, 11) is 1.90. The number of aromatic nitrogens is 2. The monoisotopic (exact) mass is 312 g/mol. The molecule has 23 heavy (non-hydrogen) atoms. The van der Waals surface area contributed by atoms with E-state index in [-0.39, 0.29) is 5.91 Å². The van der Waals surface area contributed by atoms with Gasteiger partial charge in [0.1, 0.15) is 0 Å². The van der Waals surface area contributed by atoms with E-state index in [0.29, 0.717) is 6.42 Å². The summed E-state index contributed by atoms with van der Waals surface area (Å²) in [4.78, 5) is 14.7. The second kappa shape index (κ2) is 6.44. The third-order valence-corrected chi connectivity index (χ3v) is 4.62. The summed E-state index contributed by atoms with van der Waals surface area (Å²) in [6.07, 6.45) is 2.89.